The molecule has 2 heteroatoms. The number of nitrogens with zero attached hydrogens (tertiary/aromatic N) is 1. The van der Waals surface area contributed by atoms with Gasteiger partial charge >= 0.3 is 0 Å². The number of hydrogen-bond donors (Lipinski definition) is 0. The molecular weight excluding hydrogens is 133 g/mol. The van der Waals surface area contributed by atoms with Crippen LogP contribution >= 0.6 is 0 Å². The molecule has 0 radical (unpaired) electrons. The summed E-state index contributed by atoms with van der Waals surface area (Å²) in [6, 6.07) is 12.1. The Bertz CT molecular complexity index is 281. The minimum absolute atomic E-state index is 0. The first-order chi connectivity index (χ1) is 4.97. The van der Waals surface area contributed by atoms with Crippen LogP contribution in [0.4, 0.5) is 0 Å². The van der Waals surface area contributed by atoms with E-state index in [9.17, 15) is 0 Å². The Morgan fingerprint density at radius 1 is 0.909 bits per heavy atom. The lowest BCUT2D eigenvalue weighted by Gasteiger charge is -1.91. The molecule has 0 spiro atoms. The normalized spacial score (nSPS) is 9.09. The maximum absolute atomic E-state index is 4.18. The molecular formula is C9H10BN. The Morgan fingerprint density at radius 3 is 2.45 bits per heavy atom. The van der Waals surface area contributed by atoms with Crippen molar-refractivity contribution in [2.24, 2.45) is 0 Å². The highest BCUT2D eigenvalue weighted by Crippen LogP contribution is 2.07. The summed E-state index contributed by atoms with van der Waals surface area (Å²) >= 11 is 0. The minimum atomic E-state index is 0. The molecule has 54 valence electrons. The van der Waals surface area contributed by atoms with E-state index >= 15 is 0 Å². The minimum Gasteiger partial charge on any atom is -0.256 e. The summed E-state index contributed by atoms with van der Waals surface area (Å²) < 4.78 is 0. The summed E-state index contributed by atoms with van der Waals surface area (Å²) in [5.74, 6) is 0. The number of pyridine rings is 1. The van der Waals surface area contributed by atoms with Crippen molar-refractivity contribution in [1.29, 1.82) is 0 Å². The Hall–Kier alpha value is -1.31. The fraction of sp³-hybridized carbons (Fsp3) is 0. The third-order valence-electron chi connectivity index (χ3n) is 1.51. The Morgan fingerprint density at radius 2 is 1.64 bits per heavy atom. The molecule has 1 nitrogen and oxygen atoms in total. The van der Waals surface area contributed by atoms with Crippen LogP contribution in [0.15, 0.2) is 42.6 Å². The second kappa shape index (κ2) is 3.19. The van der Waals surface area contributed by atoms with Gasteiger partial charge in [0.25, 0.3) is 0 Å². The first-order valence-corrected chi connectivity index (χ1v) is 3.26. The highest BCUT2D eigenvalue weighted by atomic mass is 14.6. The number of benzene rings is 1. The standard InChI is InChI=1S/C9H7N.BH3/c1-2-6-9-8(4-1)5-3-7-10-9;/h1-7H;1H3. The molecule has 1 heterocycles. The van der Waals surface area contributed by atoms with Crippen molar-refractivity contribution >= 4 is 19.3 Å². The van der Waals surface area contributed by atoms with E-state index in [0.29, 0.717) is 0 Å². The quantitative estimate of drug-likeness (QED) is 0.502. The molecule has 0 saturated carbocycles. The summed E-state index contributed by atoms with van der Waals surface area (Å²) in [6.45, 7) is 0. The fourth-order valence-electron chi connectivity index (χ4n) is 1.02. The van der Waals surface area contributed by atoms with Crippen LogP contribution in [0.5, 0.6) is 0 Å². The largest absolute Gasteiger partial charge is 0.256 e. The van der Waals surface area contributed by atoms with Crippen LogP contribution < -0.4 is 0 Å². The van der Waals surface area contributed by atoms with Crippen LogP contribution in [0.2, 0.25) is 0 Å². The van der Waals surface area contributed by atoms with Crippen LogP contribution in [0.25, 0.3) is 10.9 Å². The summed E-state index contributed by atoms with van der Waals surface area (Å²) in [5, 5.41) is 1.20. The van der Waals surface area contributed by atoms with E-state index in [4.69, 9.17) is 0 Å². The molecule has 0 fully saturated rings. The zero-order chi connectivity index (χ0) is 6.81. The lowest BCUT2D eigenvalue weighted by Crippen LogP contribution is -1.73. The van der Waals surface area contributed by atoms with Crippen LogP contribution in [0.1, 0.15) is 0 Å². The average molecular weight is 143 g/mol. The molecule has 0 unspecified atom stereocenters. The molecule has 0 saturated heterocycles. The van der Waals surface area contributed by atoms with Gasteiger partial charge in [-0.15, -0.1) is 0 Å². The lowest BCUT2D eigenvalue weighted by atomic mass is 10.2. The zero-order valence-electron chi connectivity index (χ0n) is 5.49. The van der Waals surface area contributed by atoms with Gasteiger partial charge in [-0.25, -0.2) is 0 Å². The Kier molecular flexibility index (Phi) is 2.26. The molecule has 11 heavy (non-hydrogen) atoms. The summed E-state index contributed by atoms with van der Waals surface area (Å²) in [7, 11) is 0. The first kappa shape index (κ1) is 7.80. The van der Waals surface area contributed by atoms with Crippen molar-refractivity contribution in [2.45, 2.75) is 0 Å². The van der Waals surface area contributed by atoms with Crippen molar-refractivity contribution < 1.29 is 0 Å². The van der Waals surface area contributed by atoms with E-state index in [1.165, 1.54) is 5.39 Å². The third kappa shape index (κ3) is 1.40. The van der Waals surface area contributed by atoms with Gasteiger partial charge in [-0.1, -0.05) is 24.3 Å². The summed E-state index contributed by atoms with van der Waals surface area (Å²) in [5.41, 5.74) is 1.06. The highest BCUT2D eigenvalue weighted by Gasteiger charge is 1.86. The van der Waals surface area contributed by atoms with Crippen molar-refractivity contribution in [3.05, 3.63) is 42.6 Å². The van der Waals surface area contributed by atoms with Gasteiger partial charge in [0, 0.05) is 11.6 Å². The maximum atomic E-state index is 4.18. The van der Waals surface area contributed by atoms with Gasteiger partial charge in [-0.05, 0) is 12.1 Å². The van der Waals surface area contributed by atoms with Gasteiger partial charge in [-0.2, -0.15) is 0 Å². The van der Waals surface area contributed by atoms with Gasteiger partial charge in [0.05, 0.1) is 13.9 Å². The number of fused-ring (bicyclic) bond motifs is 1. The van der Waals surface area contributed by atoms with E-state index in [0.717, 1.165) is 5.52 Å². The van der Waals surface area contributed by atoms with Gasteiger partial charge < -0.3 is 0 Å². The van der Waals surface area contributed by atoms with E-state index in [2.05, 4.69) is 17.1 Å². The van der Waals surface area contributed by atoms with Gasteiger partial charge in [0.15, 0.2) is 0 Å². The first-order valence-electron chi connectivity index (χ1n) is 3.26. The molecule has 0 aliphatic carbocycles. The second-order valence-corrected chi connectivity index (χ2v) is 2.20. The Balaban J connectivity index is 0.000000605. The van der Waals surface area contributed by atoms with Gasteiger partial charge in [0.2, 0.25) is 0 Å². The molecule has 0 amide bonds. The predicted molar refractivity (Wildman–Crippen MR) is 51.7 cm³/mol. The lowest BCUT2D eigenvalue weighted by molar-refractivity contribution is 1.41. The SMILES string of the molecule is B.c1ccc2ncccc2c1. The smallest absolute Gasteiger partial charge is 0.0814 e. The van der Waals surface area contributed by atoms with E-state index in [1.807, 2.05) is 30.5 Å². The van der Waals surface area contributed by atoms with E-state index in [-0.39, 0.29) is 8.41 Å². The topological polar surface area (TPSA) is 12.9 Å². The molecule has 0 aliphatic rings. The fourth-order valence-corrected chi connectivity index (χ4v) is 1.02. The highest BCUT2D eigenvalue weighted by molar-refractivity contribution is 5.77. The monoisotopic (exact) mass is 143 g/mol. The van der Waals surface area contributed by atoms with E-state index < -0.39 is 0 Å². The van der Waals surface area contributed by atoms with Crippen molar-refractivity contribution in [3.8, 4) is 0 Å². The van der Waals surface area contributed by atoms with Crippen molar-refractivity contribution in [1.82, 2.24) is 4.98 Å². The van der Waals surface area contributed by atoms with Gasteiger partial charge in [0.1, 0.15) is 0 Å². The maximum Gasteiger partial charge on any atom is 0.0814 e. The van der Waals surface area contributed by atoms with Crippen LogP contribution in [0.3, 0.4) is 0 Å². The number of hydrogen-bond acceptors (Lipinski definition) is 1. The summed E-state index contributed by atoms with van der Waals surface area (Å²) in [4.78, 5) is 4.18. The molecule has 0 N–H and O–H groups in total. The molecule has 1 aromatic heterocycles. The molecule has 0 bridgehead atoms. The average Bonchev–Trinajstić information content (AvgIpc) is 2.05. The number of rotatable bonds is 0. The second-order valence-electron chi connectivity index (χ2n) is 2.20. The number of para-hydroxylation sites is 1. The van der Waals surface area contributed by atoms with Crippen LogP contribution in [-0.4, -0.2) is 13.4 Å². The molecule has 0 aliphatic heterocycles. The van der Waals surface area contributed by atoms with Crippen LogP contribution in [-0.2, 0) is 0 Å². The van der Waals surface area contributed by atoms with Crippen molar-refractivity contribution in [3.63, 3.8) is 0 Å². The van der Waals surface area contributed by atoms with Gasteiger partial charge in [-0.3, -0.25) is 4.98 Å². The molecule has 2 rings (SSSR count). The third-order valence-corrected chi connectivity index (χ3v) is 1.51. The molecule has 1 aromatic carbocycles. The Labute approximate surface area is 67.7 Å². The molecule has 2 aromatic rings. The van der Waals surface area contributed by atoms with Crippen LogP contribution in [0, 0.1) is 0 Å². The predicted octanol–water partition coefficient (Wildman–Crippen LogP) is 1.05. The summed E-state index contributed by atoms with van der Waals surface area (Å²) in [6.07, 6.45) is 1.81. The van der Waals surface area contributed by atoms with Crippen molar-refractivity contribution in [2.75, 3.05) is 0 Å². The molecule has 0 atom stereocenters. The van der Waals surface area contributed by atoms with E-state index in [1.54, 1.807) is 0 Å². The zero-order valence-corrected chi connectivity index (χ0v) is 5.49. The number of aromatic nitrogens is 1.